The van der Waals surface area contributed by atoms with Gasteiger partial charge in [0.1, 0.15) is 30.2 Å². The van der Waals surface area contributed by atoms with Gasteiger partial charge in [-0.1, -0.05) is 12.1 Å². The van der Waals surface area contributed by atoms with E-state index in [1.807, 2.05) is 0 Å². The molecular formula is C13H18O7. The van der Waals surface area contributed by atoms with Gasteiger partial charge in [-0.15, -0.1) is 0 Å². The van der Waals surface area contributed by atoms with Crippen molar-refractivity contribution in [2.75, 3.05) is 13.2 Å². The largest absolute Gasteiger partial charge is 0.508 e. The minimum absolute atomic E-state index is 0.0951. The van der Waals surface area contributed by atoms with Gasteiger partial charge < -0.3 is 35.0 Å². The van der Waals surface area contributed by atoms with E-state index in [1.165, 1.54) is 12.1 Å². The molecule has 0 aromatic heterocycles. The first-order chi connectivity index (χ1) is 9.56. The maximum atomic E-state index is 9.86. The Hall–Kier alpha value is -1.22. The SMILES string of the molecule is OC[C@@H](O)[C@H](O)[C@H]1OC(c2ccc(O)cc2)O[C@H]1CO. The van der Waals surface area contributed by atoms with Gasteiger partial charge in [0.05, 0.1) is 13.2 Å². The first-order valence-electron chi connectivity index (χ1n) is 6.24. The Morgan fingerprint density at radius 3 is 2.25 bits per heavy atom. The molecule has 1 fully saturated rings. The molecule has 5 atom stereocenters. The predicted octanol–water partition coefficient (Wildman–Crippen LogP) is -1.12. The average molecular weight is 286 g/mol. The lowest BCUT2D eigenvalue weighted by atomic mass is 10.0. The minimum atomic E-state index is -1.38. The highest BCUT2D eigenvalue weighted by Crippen LogP contribution is 2.33. The van der Waals surface area contributed by atoms with E-state index in [1.54, 1.807) is 12.1 Å². The normalized spacial score (nSPS) is 29.3. The molecule has 1 heterocycles. The number of aliphatic hydroxyl groups is 4. The molecule has 1 unspecified atom stereocenters. The third-order valence-electron chi connectivity index (χ3n) is 3.21. The van der Waals surface area contributed by atoms with Crippen molar-refractivity contribution in [3.8, 4) is 5.75 Å². The van der Waals surface area contributed by atoms with Crippen molar-refractivity contribution in [1.82, 2.24) is 0 Å². The van der Waals surface area contributed by atoms with Gasteiger partial charge in [0.2, 0.25) is 0 Å². The second-order valence-electron chi connectivity index (χ2n) is 4.62. The van der Waals surface area contributed by atoms with Gasteiger partial charge in [-0.25, -0.2) is 0 Å². The summed E-state index contributed by atoms with van der Waals surface area (Å²) >= 11 is 0. The van der Waals surface area contributed by atoms with E-state index in [2.05, 4.69) is 0 Å². The quantitative estimate of drug-likeness (QED) is 0.465. The lowest BCUT2D eigenvalue weighted by molar-refractivity contribution is -0.113. The van der Waals surface area contributed by atoms with Crippen molar-refractivity contribution >= 4 is 0 Å². The monoisotopic (exact) mass is 286 g/mol. The van der Waals surface area contributed by atoms with Crippen molar-refractivity contribution in [2.24, 2.45) is 0 Å². The first-order valence-corrected chi connectivity index (χ1v) is 6.24. The Morgan fingerprint density at radius 2 is 1.70 bits per heavy atom. The summed E-state index contributed by atoms with van der Waals surface area (Å²) in [5.74, 6) is 0.0951. The molecule has 1 aliphatic heterocycles. The summed E-state index contributed by atoms with van der Waals surface area (Å²) in [6.45, 7) is -1.02. The number of ether oxygens (including phenoxy) is 2. The maximum Gasteiger partial charge on any atom is 0.184 e. The molecule has 1 aromatic rings. The van der Waals surface area contributed by atoms with E-state index in [0.29, 0.717) is 5.56 Å². The fourth-order valence-electron chi connectivity index (χ4n) is 2.06. The Morgan fingerprint density at radius 1 is 1.05 bits per heavy atom. The highest BCUT2D eigenvalue weighted by molar-refractivity contribution is 5.27. The zero-order valence-electron chi connectivity index (χ0n) is 10.7. The van der Waals surface area contributed by atoms with Crippen LogP contribution in [0, 0.1) is 0 Å². The van der Waals surface area contributed by atoms with Gasteiger partial charge in [0.15, 0.2) is 6.29 Å². The van der Waals surface area contributed by atoms with E-state index in [0.717, 1.165) is 0 Å². The van der Waals surface area contributed by atoms with Crippen molar-refractivity contribution in [1.29, 1.82) is 0 Å². The van der Waals surface area contributed by atoms with Crippen molar-refractivity contribution in [2.45, 2.75) is 30.7 Å². The van der Waals surface area contributed by atoms with Gasteiger partial charge in [0, 0.05) is 5.56 Å². The Kier molecular flexibility index (Phi) is 4.92. The summed E-state index contributed by atoms with van der Waals surface area (Å²) < 4.78 is 10.9. The van der Waals surface area contributed by atoms with Gasteiger partial charge >= 0.3 is 0 Å². The molecule has 0 spiro atoms. The van der Waals surface area contributed by atoms with Gasteiger partial charge in [-0.3, -0.25) is 0 Å². The second kappa shape index (κ2) is 6.49. The van der Waals surface area contributed by atoms with Crippen LogP contribution in [-0.2, 0) is 9.47 Å². The van der Waals surface area contributed by atoms with E-state index < -0.39 is 43.9 Å². The summed E-state index contributed by atoms with van der Waals surface area (Å²) in [7, 11) is 0. The lowest BCUT2D eigenvalue weighted by Gasteiger charge is -2.23. The standard InChI is InChI=1S/C13H18O7/c14-5-9(17)11(18)12-10(6-15)19-13(20-12)7-1-3-8(16)4-2-7/h1-4,9-18H,5-6H2/t9-,10+,11+,12+,13?/m1/s1. The molecule has 1 aromatic carbocycles. The van der Waals surface area contributed by atoms with E-state index in [9.17, 15) is 20.4 Å². The highest BCUT2D eigenvalue weighted by atomic mass is 16.7. The molecule has 7 heteroatoms. The van der Waals surface area contributed by atoms with Crippen LogP contribution in [0.1, 0.15) is 11.9 Å². The third-order valence-corrected chi connectivity index (χ3v) is 3.21. The summed E-state index contributed by atoms with van der Waals surface area (Å²) in [6.07, 6.45) is -5.35. The molecule has 0 saturated carbocycles. The molecular weight excluding hydrogens is 268 g/mol. The zero-order valence-corrected chi connectivity index (χ0v) is 10.7. The molecule has 1 aliphatic rings. The van der Waals surface area contributed by atoms with Crippen LogP contribution >= 0.6 is 0 Å². The van der Waals surface area contributed by atoms with Crippen molar-refractivity contribution < 1.29 is 35.0 Å². The minimum Gasteiger partial charge on any atom is -0.508 e. The van der Waals surface area contributed by atoms with Crippen LogP contribution in [0.2, 0.25) is 0 Å². The number of phenols is 1. The number of hydrogen-bond donors (Lipinski definition) is 5. The molecule has 2 rings (SSSR count). The number of aromatic hydroxyl groups is 1. The molecule has 0 aliphatic carbocycles. The van der Waals surface area contributed by atoms with Crippen LogP contribution < -0.4 is 0 Å². The Bertz CT molecular complexity index is 421. The molecule has 1 saturated heterocycles. The number of aliphatic hydroxyl groups excluding tert-OH is 4. The number of rotatable bonds is 5. The van der Waals surface area contributed by atoms with Crippen LogP contribution in [0.15, 0.2) is 24.3 Å². The van der Waals surface area contributed by atoms with Crippen molar-refractivity contribution in [3.05, 3.63) is 29.8 Å². The van der Waals surface area contributed by atoms with E-state index in [4.69, 9.17) is 14.6 Å². The maximum absolute atomic E-state index is 9.86. The fourth-order valence-corrected chi connectivity index (χ4v) is 2.06. The van der Waals surface area contributed by atoms with Crippen LogP contribution in [-0.4, -0.2) is 63.2 Å². The average Bonchev–Trinajstić information content (AvgIpc) is 2.90. The number of phenolic OH excluding ortho intramolecular Hbond substituents is 1. The summed E-state index contributed by atoms with van der Waals surface area (Å²) in [5, 5.41) is 46.6. The van der Waals surface area contributed by atoms with Gasteiger partial charge in [0.25, 0.3) is 0 Å². The van der Waals surface area contributed by atoms with E-state index >= 15 is 0 Å². The van der Waals surface area contributed by atoms with Crippen LogP contribution in [0.3, 0.4) is 0 Å². The smallest absolute Gasteiger partial charge is 0.184 e. The second-order valence-corrected chi connectivity index (χ2v) is 4.62. The molecule has 7 nitrogen and oxygen atoms in total. The molecule has 0 bridgehead atoms. The van der Waals surface area contributed by atoms with Gasteiger partial charge in [-0.05, 0) is 12.1 Å². The Labute approximate surface area is 115 Å². The molecule has 0 amide bonds. The van der Waals surface area contributed by atoms with Crippen molar-refractivity contribution in [3.63, 3.8) is 0 Å². The number of benzene rings is 1. The van der Waals surface area contributed by atoms with Gasteiger partial charge in [-0.2, -0.15) is 0 Å². The highest BCUT2D eigenvalue weighted by Gasteiger charge is 2.43. The first kappa shape index (κ1) is 15.2. The molecule has 20 heavy (non-hydrogen) atoms. The summed E-state index contributed by atoms with van der Waals surface area (Å²) in [5.41, 5.74) is 0.606. The lowest BCUT2D eigenvalue weighted by Crippen LogP contribution is -2.45. The summed E-state index contributed by atoms with van der Waals surface area (Å²) in [4.78, 5) is 0. The molecule has 0 radical (unpaired) electrons. The van der Waals surface area contributed by atoms with E-state index in [-0.39, 0.29) is 5.75 Å². The zero-order chi connectivity index (χ0) is 14.7. The predicted molar refractivity (Wildman–Crippen MR) is 66.8 cm³/mol. The fraction of sp³-hybridized carbons (Fsp3) is 0.538. The third kappa shape index (κ3) is 3.09. The van der Waals surface area contributed by atoms with Crippen LogP contribution in [0.25, 0.3) is 0 Å². The topological polar surface area (TPSA) is 120 Å². The number of hydrogen-bond acceptors (Lipinski definition) is 7. The van der Waals surface area contributed by atoms with Crippen LogP contribution in [0.5, 0.6) is 5.75 Å². The molecule has 112 valence electrons. The summed E-state index contributed by atoms with van der Waals surface area (Å²) in [6, 6.07) is 6.10. The van der Waals surface area contributed by atoms with Crippen LogP contribution in [0.4, 0.5) is 0 Å². The Balaban J connectivity index is 2.11. The molecule has 5 N–H and O–H groups in total.